The summed E-state index contributed by atoms with van der Waals surface area (Å²) < 4.78 is 18.1. The second kappa shape index (κ2) is 7.49. The van der Waals surface area contributed by atoms with Crippen LogP contribution < -0.4 is 15.0 Å². The van der Waals surface area contributed by atoms with Crippen LogP contribution in [0.25, 0.3) is 11.3 Å². The van der Waals surface area contributed by atoms with Gasteiger partial charge in [-0.2, -0.15) is 5.10 Å². The van der Waals surface area contributed by atoms with Crippen molar-refractivity contribution >= 4 is 0 Å². The maximum atomic E-state index is 11.8. The Labute approximate surface area is 141 Å². The van der Waals surface area contributed by atoms with Gasteiger partial charge in [-0.05, 0) is 30.9 Å². The summed E-state index contributed by atoms with van der Waals surface area (Å²) in [5, 5.41) is 4.35. The lowest BCUT2D eigenvalue weighted by Crippen LogP contribution is -2.22. The molecule has 1 aliphatic heterocycles. The highest BCUT2D eigenvalue weighted by Gasteiger charge is 2.18. The van der Waals surface area contributed by atoms with Gasteiger partial charge in [0, 0.05) is 31.9 Å². The fourth-order valence-corrected chi connectivity index (χ4v) is 2.77. The van der Waals surface area contributed by atoms with Gasteiger partial charge < -0.3 is 14.2 Å². The molecule has 3 rings (SSSR count). The van der Waals surface area contributed by atoms with E-state index >= 15 is 0 Å². The van der Waals surface area contributed by atoms with Gasteiger partial charge in [-0.3, -0.25) is 4.79 Å². The van der Waals surface area contributed by atoms with Gasteiger partial charge in [0.1, 0.15) is 11.4 Å². The number of aromatic nitrogens is 2. The lowest BCUT2D eigenvalue weighted by atomic mass is 10.0. The summed E-state index contributed by atoms with van der Waals surface area (Å²) >= 11 is 0. The van der Waals surface area contributed by atoms with Crippen molar-refractivity contribution < 1.29 is 14.2 Å². The molecule has 0 bridgehead atoms. The van der Waals surface area contributed by atoms with Gasteiger partial charge in [0.2, 0.25) is 0 Å². The second-order valence-corrected chi connectivity index (χ2v) is 5.89. The first-order valence-corrected chi connectivity index (χ1v) is 8.11. The molecule has 0 unspecified atom stereocenters. The second-order valence-electron chi connectivity index (χ2n) is 5.89. The zero-order valence-corrected chi connectivity index (χ0v) is 14.0. The predicted octanol–water partition coefficient (Wildman–Crippen LogP) is 2.26. The van der Waals surface area contributed by atoms with Crippen LogP contribution in [0.5, 0.6) is 11.5 Å². The van der Waals surface area contributed by atoms with Gasteiger partial charge in [0.15, 0.2) is 5.75 Å². The topological polar surface area (TPSA) is 62.6 Å². The number of hydrogen-bond donors (Lipinski definition) is 0. The van der Waals surface area contributed by atoms with Gasteiger partial charge in [-0.1, -0.05) is 12.1 Å². The Bertz CT molecular complexity index is 751. The van der Waals surface area contributed by atoms with Crippen molar-refractivity contribution in [1.29, 1.82) is 0 Å². The average molecular weight is 330 g/mol. The van der Waals surface area contributed by atoms with Crippen molar-refractivity contribution in [3.8, 4) is 22.8 Å². The van der Waals surface area contributed by atoms with Gasteiger partial charge >= 0.3 is 0 Å². The van der Waals surface area contributed by atoms with E-state index in [2.05, 4.69) is 5.10 Å². The van der Waals surface area contributed by atoms with E-state index in [0.29, 0.717) is 24.0 Å². The Hall–Kier alpha value is -2.34. The minimum atomic E-state index is -0.212. The molecular formula is C18H22N2O4. The summed E-state index contributed by atoms with van der Waals surface area (Å²) in [4.78, 5) is 11.8. The van der Waals surface area contributed by atoms with Gasteiger partial charge in [0.25, 0.3) is 5.56 Å². The number of para-hydroxylation sites is 1. The van der Waals surface area contributed by atoms with Crippen LogP contribution in [0.3, 0.4) is 0 Å². The quantitative estimate of drug-likeness (QED) is 0.841. The Kier molecular flexibility index (Phi) is 5.15. The molecule has 24 heavy (non-hydrogen) atoms. The number of methoxy groups -OCH3 is 1. The zero-order valence-electron chi connectivity index (χ0n) is 14.0. The molecule has 0 radical (unpaired) electrons. The normalized spacial score (nSPS) is 15.2. The molecule has 1 fully saturated rings. The fraction of sp³-hybridized carbons (Fsp3) is 0.444. The van der Waals surface area contributed by atoms with E-state index in [-0.39, 0.29) is 5.56 Å². The lowest BCUT2D eigenvalue weighted by molar-refractivity contribution is 0.0498. The first-order chi connectivity index (χ1) is 11.7. The Balaban J connectivity index is 1.89. The molecule has 0 N–H and O–H groups in total. The summed E-state index contributed by atoms with van der Waals surface area (Å²) in [6, 6.07) is 9.13. The Morgan fingerprint density at radius 2 is 2.00 bits per heavy atom. The summed E-state index contributed by atoms with van der Waals surface area (Å²) in [7, 11) is 3.15. The lowest BCUT2D eigenvalue weighted by Gasteiger charge is -2.23. The molecule has 1 aromatic heterocycles. The number of benzene rings is 1. The summed E-state index contributed by atoms with van der Waals surface area (Å²) in [6.45, 7) is 2.24. The van der Waals surface area contributed by atoms with Gasteiger partial charge in [-0.15, -0.1) is 0 Å². The minimum Gasteiger partial charge on any atom is -0.494 e. The summed E-state index contributed by atoms with van der Waals surface area (Å²) in [6.07, 6.45) is 2.03. The van der Waals surface area contributed by atoms with Crippen molar-refractivity contribution in [2.24, 2.45) is 13.0 Å². The highest BCUT2D eigenvalue weighted by Crippen LogP contribution is 2.34. The molecule has 6 nitrogen and oxygen atoms in total. The van der Waals surface area contributed by atoms with E-state index in [4.69, 9.17) is 14.2 Å². The number of ether oxygens (including phenoxy) is 3. The molecule has 6 heteroatoms. The smallest absolute Gasteiger partial charge is 0.270 e. The van der Waals surface area contributed by atoms with Crippen LogP contribution in [-0.4, -0.2) is 36.7 Å². The maximum absolute atomic E-state index is 11.8. The monoisotopic (exact) mass is 330 g/mol. The summed E-state index contributed by atoms with van der Waals surface area (Å²) in [5.41, 5.74) is 1.20. The first kappa shape index (κ1) is 16.5. The highest BCUT2D eigenvalue weighted by atomic mass is 16.5. The minimum absolute atomic E-state index is 0.212. The molecule has 0 aliphatic carbocycles. The van der Waals surface area contributed by atoms with Crippen LogP contribution in [0.15, 0.2) is 35.1 Å². The van der Waals surface area contributed by atoms with Crippen molar-refractivity contribution in [1.82, 2.24) is 9.78 Å². The molecule has 1 aliphatic rings. The van der Waals surface area contributed by atoms with E-state index in [1.807, 2.05) is 24.3 Å². The van der Waals surface area contributed by atoms with Crippen LogP contribution in [0.2, 0.25) is 0 Å². The van der Waals surface area contributed by atoms with Gasteiger partial charge in [0.05, 0.1) is 13.7 Å². The van der Waals surface area contributed by atoms with Gasteiger partial charge in [-0.25, -0.2) is 4.68 Å². The fourth-order valence-electron chi connectivity index (χ4n) is 2.77. The van der Waals surface area contributed by atoms with Crippen LogP contribution in [0, 0.1) is 5.92 Å². The van der Waals surface area contributed by atoms with E-state index in [9.17, 15) is 4.79 Å². The Morgan fingerprint density at radius 1 is 1.25 bits per heavy atom. The maximum Gasteiger partial charge on any atom is 0.270 e. The molecule has 2 aromatic rings. The molecule has 1 aromatic carbocycles. The van der Waals surface area contributed by atoms with Crippen LogP contribution in [0.1, 0.15) is 12.8 Å². The van der Waals surface area contributed by atoms with Crippen molar-refractivity contribution in [2.75, 3.05) is 26.9 Å². The Morgan fingerprint density at radius 3 is 2.75 bits per heavy atom. The van der Waals surface area contributed by atoms with E-state index in [1.54, 1.807) is 7.05 Å². The standard InChI is InChI=1S/C18H22N2O4/c1-20-17(21)11-16(22-2)18(19-20)14-5-3-4-6-15(14)24-12-13-7-9-23-10-8-13/h3-6,11,13H,7-10,12H2,1-2H3. The number of rotatable bonds is 5. The molecule has 1 saturated heterocycles. The third-order valence-electron chi connectivity index (χ3n) is 4.23. The van der Waals surface area contributed by atoms with E-state index < -0.39 is 0 Å². The molecule has 0 atom stereocenters. The molecule has 128 valence electrons. The molecule has 2 heterocycles. The average Bonchev–Trinajstić information content (AvgIpc) is 2.63. The van der Waals surface area contributed by atoms with E-state index in [0.717, 1.165) is 37.4 Å². The van der Waals surface area contributed by atoms with Crippen LogP contribution >= 0.6 is 0 Å². The molecule has 0 saturated carbocycles. The largest absolute Gasteiger partial charge is 0.494 e. The molecular weight excluding hydrogens is 308 g/mol. The third-order valence-corrected chi connectivity index (χ3v) is 4.23. The molecule has 0 spiro atoms. The predicted molar refractivity (Wildman–Crippen MR) is 90.5 cm³/mol. The third kappa shape index (κ3) is 3.59. The zero-order chi connectivity index (χ0) is 16.9. The summed E-state index contributed by atoms with van der Waals surface area (Å²) in [5.74, 6) is 1.69. The van der Waals surface area contributed by atoms with Crippen molar-refractivity contribution in [3.05, 3.63) is 40.7 Å². The SMILES string of the molecule is COc1cc(=O)n(C)nc1-c1ccccc1OCC1CCOCC1. The van der Waals surface area contributed by atoms with Crippen molar-refractivity contribution in [2.45, 2.75) is 12.8 Å². The molecule has 0 amide bonds. The van der Waals surface area contributed by atoms with Crippen LogP contribution in [-0.2, 0) is 11.8 Å². The number of aryl methyl sites for hydroxylation is 1. The van der Waals surface area contributed by atoms with Crippen molar-refractivity contribution in [3.63, 3.8) is 0 Å². The number of nitrogens with zero attached hydrogens (tertiary/aromatic N) is 2. The highest BCUT2D eigenvalue weighted by molar-refractivity contribution is 5.71. The van der Waals surface area contributed by atoms with Crippen LogP contribution in [0.4, 0.5) is 0 Å². The first-order valence-electron chi connectivity index (χ1n) is 8.11. The van der Waals surface area contributed by atoms with E-state index in [1.165, 1.54) is 17.9 Å². The number of hydrogen-bond acceptors (Lipinski definition) is 5.